The van der Waals surface area contributed by atoms with Crippen molar-refractivity contribution in [3.63, 3.8) is 0 Å². The number of benzene rings is 1. The van der Waals surface area contributed by atoms with Crippen molar-refractivity contribution in [2.75, 3.05) is 10.5 Å². The maximum atomic E-state index is 11.7. The van der Waals surface area contributed by atoms with Crippen LogP contribution in [-0.2, 0) is 10.2 Å². The van der Waals surface area contributed by atoms with Crippen molar-refractivity contribution in [3.05, 3.63) is 23.3 Å². The van der Waals surface area contributed by atoms with Crippen LogP contribution in [0.25, 0.3) is 0 Å². The molecular weight excluding hydrogens is 238 g/mol. The minimum absolute atomic E-state index is 0.0931. The van der Waals surface area contributed by atoms with E-state index < -0.39 is 10.2 Å². The van der Waals surface area contributed by atoms with Crippen LogP contribution in [0, 0.1) is 13.8 Å². The van der Waals surface area contributed by atoms with Gasteiger partial charge in [0.25, 0.3) is 10.2 Å². The summed E-state index contributed by atoms with van der Waals surface area (Å²) in [5.74, 6) is 0. The van der Waals surface area contributed by atoms with Crippen LogP contribution < -0.4 is 15.2 Å². The molecule has 0 unspecified atom stereocenters. The zero-order chi connectivity index (χ0) is 12.6. The summed E-state index contributed by atoms with van der Waals surface area (Å²) < 4.78 is 28.5. The van der Waals surface area contributed by atoms with Crippen LogP contribution in [0.2, 0.25) is 0 Å². The van der Waals surface area contributed by atoms with E-state index in [2.05, 4.69) is 9.44 Å². The third kappa shape index (κ3) is 2.89. The summed E-state index contributed by atoms with van der Waals surface area (Å²) in [6.45, 7) is 3.69. The topological polar surface area (TPSA) is 84.2 Å². The van der Waals surface area contributed by atoms with E-state index in [1.165, 1.54) is 0 Å². The van der Waals surface area contributed by atoms with Crippen molar-refractivity contribution >= 4 is 21.6 Å². The van der Waals surface area contributed by atoms with Gasteiger partial charge in [-0.25, -0.2) is 0 Å². The number of nitrogens with two attached hydrogens (primary N) is 1. The Kier molecular flexibility index (Phi) is 3.01. The molecule has 17 heavy (non-hydrogen) atoms. The second-order valence-electron chi connectivity index (χ2n) is 4.47. The Hall–Kier alpha value is -1.27. The number of hydrogen-bond donors (Lipinski definition) is 3. The highest BCUT2D eigenvalue weighted by Gasteiger charge is 2.27. The Morgan fingerprint density at radius 3 is 2.53 bits per heavy atom. The summed E-state index contributed by atoms with van der Waals surface area (Å²) in [6, 6.07) is 3.63. The molecule has 1 aliphatic carbocycles. The molecule has 1 aliphatic rings. The van der Waals surface area contributed by atoms with E-state index >= 15 is 0 Å². The van der Waals surface area contributed by atoms with Crippen LogP contribution in [0.5, 0.6) is 0 Å². The van der Waals surface area contributed by atoms with E-state index in [1.807, 2.05) is 6.92 Å². The molecule has 2 rings (SSSR count). The molecule has 0 atom stereocenters. The lowest BCUT2D eigenvalue weighted by Crippen LogP contribution is -2.32. The summed E-state index contributed by atoms with van der Waals surface area (Å²) in [4.78, 5) is 0. The Morgan fingerprint density at radius 2 is 1.94 bits per heavy atom. The molecule has 4 N–H and O–H groups in total. The number of anilines is 2. The van der Waals surface area contributed by atoms with Gasteiger partial charge in [-0.15, -0.1) is 0 Å². The molecule has 0 saturated heterocycles. The zero-order valence-electron chi connectivity index (χ0n) is 9.95. The van der Waals surface area contributed by atoms with Gasteiger partial charge in [0.1, 0.15) is 0 Å². The fraction of sp³-hybridized carbons (Fsp3) is 0.455. The van der Waals surface area contributed by atoms with Gasteiger partial charge < -0.3 is 5.73 Å². The fourth-order valence-corrected chi connectivity index (χ4v) is 2.81. The van der Waals surface area contributed by atoms with Gasteiger partial charge in [-0.05, 0) is 43.9 Å². The fourth-order valence-electron chi connectivity index (χ4n) is 1.57. The second kappa shape index (κ2) is 4.19. The minimum Gasteiger partial charge on any atom is -0.398 e. The molecule has 6 heteroatoms. The summed E-state index contributed by atoms with van der Waals surface area (Å²) in [5, 5.41) is 0. The van der Waals surface area contributed by atoms with Crippen molar-refractivity contribution < 1.29 is 8.42 Å². The van der Waals surface area contributed by atoms with Gasteiger partial charge in [0, 0.05) is 11.7 Å². The lowest BCUT2D eigenvalue weighted by Gasteiger charge is -2.13. The van der Waals surface area contributed by atoms with Crippen molar-refractivity contribution in [3.8, 4) is 0 Å². The molecular formula is C11H17N3O2S. The zero-order valence-corrected chi connectivity index (χ0v) is 10.8. The summed E-state index contributed by atoms with van der Waals surface area (Å²) in [5.41, 5.74) is 8.71. The Labute approximate surface area is 102 Å². The first kappa shape index (κ1) is 12.2. The number of nitrogens with one attached hydrogen (secondary N) is 2. The van der Waals surface area contributed by atoms with E-state index in [9.17, 15) is 8.42 Å². The van der Waals surface area contributed by atoms with E-state index in [1.54, 1.807) is 19.1 Å². The van der Waals surface area contributed by atoms with Gasteiger partial charge in [0.15, 0.2) is 0 Å². The largest absolute Gasteiger partial charge is 0.398 e. The van der Waals surface area contributed by atoms with E-state index in [-0.39, 0.29) is 6.04 Å². The van der Waals surface area contributed by atoms with Gasteiger partial charge in [-0.3, -0.25) is 4.72 Å². The van der Waals surface area contributed by atoms with E-state index in [0.29, 0.717) is 11.4 Å². The molecule has 0 bridgehead atoms. The quantitative estimate of drug-likeness (QED) is 0.709. The highest BCUT2D eigenvalue weighted by atomic mass is 32.2. The first-order valence-electron chi connectivity index (χ1n) is 5.55. The third-order valence-electron chi connectivity index (χ3n) is 2.88. The summed E-state index contributed by atoms with van der Waals surface area (Å²) >= 11 is 0. The lowest BCUT2D eigenvalue weighted by atomic mass is 10.1. The van der Waals surface area contributed by atoms with Crippen LogP contribution in [-0.4, -0.2) is 14.5 Å². The third-order valence-corrected chi connectivity index (χ3v) is 4.01. The van der Waals surface area contributed by atoms with Gasteiger partial charge in [-0.2, -0.15) is 13.1 Å². The van der Waals surface area contributed by atoms with Crippen LogP contribution in [0.15, 0.2) is 12.1 Å². The molecule has 0 aromatic heterocycles. The molecule has 1 saturated carbocycles. The van der Waals surface area contributed by atoms with Gasteiger partial charge in [0.2, 0.25) is 0 Å². The summed E-state index contributed by atoms with van der Waals surface area (Å²) in [7, 11) is -3.48. The van der Waals surface area contributed by atoms with Gasteiger partial charge >= 0.3 is 0 Å². The van der Waals surface area contributed by atoms with Crippen LogP contribution in [0.1, 0.15) is 24.0 Å². The number of nitrogen functional groups attached to an aromatic ring is 1. The predicted molar refractivity (Wildman–Crippen MR) is 69.0 cm³/mol. The molecule has 0 aliphatic heterocycles. The Bertz CT molecular complexity index is 536. The minimum atomic E-state index is -3.48. The van der Waals surface area contributed by atoms with Crippen molar-refractivity contribution in [1.82, 2.24) is 4.72 Å². The van der Waals surface area contributed by atoms with Crippen molar-refractivity contribution in [2.24, 2.45) is 0 Å². The molecule has 0 amide bonds. The normalized spacial score (nSPS) is 15.9. The monoisotopic (exact) mass is 255 g/mol. The number of rotatable bonds is 4. The SMILES string of the molecule is Cc1ccc(NS(=O)(=O)NC2CC2)c(C)c1N. The maximum absolute atomic E-state index is 11.7. The molecule has 0 heterocycles. The smallest absolute Gasteiger partial charge is 0.299 e. The number of hydrogen-bond acceptors (Lipinski definition) is 3. The second-order valence-corrected chi connectivity index (χ2v) is 5.91. The average molecular weight is 255 g/mol. The van der Waals surface area contributed by atoms with Gasteiger partial charge in [-0.1, -0.05) is 6.07 Å². The molecule has 94 valence electrons. The maximum Gasteiger partial charge on any atom is 0.299 e. The van der Waals surface area contributed by atoms with Crippen molar-refractivity contribution in [1.29, 1.82) is 0 Å². The van der Waals surface area contributed by atoms with Gasteiger partial charge in [0.05, 0.1) is 5.69 Å². The highest BCUT2D eigenvalue weighted by Crippen LogP contribution is 2.26. The molecule has 1 fully saturated rings. The van der Waals surface area contributed by atoms with Crippen LogP contribution in [0.3, 0.4) is 0 Å². The molecule has 1 aromatic rings. The Morgan fingerprint density at radius 1 is 1.29 bits per heavy atom. The predicted octanol–water partition coefficient (Wildman–Crippen LogP) is 1.29. The van der Waals surface area contributed by atoms with Crippen molar-refractivity contribution in [2.45, 2.75) is 32.7 Å². The van der Waals surface area contributed by atoms with Crippen LogP contribution >= 0.6 is 0 Å². The number of aryl methyl sites for hydroxylation is 1. The average Bonchev–Trinajstić information content (AvgIpc) is 3.02. The van der Waals surface area contributed by atoms with E-state index in [0.717, 1.165) is 24.0 Å². The first-order valence-corrected chi connectivity index (χ1v) is 7.03. The lowest BCUT2D eigenvalue weighted by molar-refractivity contribution is 0.586. The molecule has 5 nitrogen and oxygen atoms in total. The van der Waals surface area contributed by atoms with Crippen LogP contribution in [0.4, 0.5) is 11.4 Å². The Balaban J connectivity index is 2.20. The first-order chi connectivity index (χ1) is 7.89. The molecule has 0 radical (unpaired) electrons. The molecule has 0 spiro atoms. The standard InChI is InChI=1S/C11H17N3O2S/c1-7-3-6-10(8(2)11(7)12)14-17(15,16)13-9-4-5-9/h3,6,9,13-14H,4-5,12H2,1-2H3. The highest BCUT2D eigenvalue weighted by molar-refractivity contribution is 7.90. The molecule has 1 aromatic carbocycles. The summed E-state index contributed by atoms with van der Waals surface area (Å²) in [6.07, 6.45) is 1.83. The van der Waals surface area contributed by atoms with E-state index in [4.69, 9.17) is 5.73 Å².